The number of hydrogen-bond donors (Lipinski definition) is 1. The van der Waals surface area contributed by atoms with E-state index in [1.807, 2.05) is 6.92 Å². The molecule has 1 N–H and O–H groups in total. The molecule has 0 aliphatic carbocycles. The van der Waals surface area contributed by atoms with Crippen LogP contribution in [0.5, 0.6) is 0 Å². The summed E-state index contributed by atoms with van der Waals surface area (Å²) >= 11 is 0. The van der Waals surface area contributed by atoms with Crippen molar-refractivity contribution in [2.24, 2.45) is 5.41 Å². The SMILES string of the molecule is CPC(CC(C)(C)C)C(C)=N. The summed E-state index contributed by atoms with van der Waals surface area (Å²) in [6.45, 7) is 10.8. The van der Waals surface area contributed by atoms with E-state index in [1.165, 1.54) is 0 Å². The Balaban J connectivity index is 3.99. The Morgan fingerprint density at radius 3 is 2.00 bits per heavy atom. The molecule has 0 bridgehead atoms. The third kappa shape index (κ3) is 5.38. The third-order valence-electron chi connectivity index (χ3n) is 1.69. The van der Waals surface area contributed by atoms with Crippen LogP contribution in [0, 0.1) is 10.8 Å². The van der Waals surface area contributed by atoms with Gasteiger partial charge in [-0.15, -0.1) is 8.58 Å². The fourth-order valence-electron chi connectivity index (χ4n) is 1.08. The molecule has 0 aliphatic heterocycles. The highest BCUT2D eigenvalue weighted by molar-refractivity contribution is 7.39. The van der Waals surface area contributed by atoms with Gasteiger partial charge in [-0.2, -0.15) is 0 Å². The summed E-state index contributed by atoms with van der Waals surface area (Å²) in [4.78, 5) is 0. The largest absolute Gasteiger partial charge is 0.309 e. The maximum absolute atomic E-state index is 7.54. The van der Waals surface area contributed by atoms with Crippen LogP contribution >= 0.6 is 8.58 Å². The summed E-state index contributed by atoms with van der Waals surface area (Å²) < 4.78 is 0. The lowest BCUT2D eigenvalue weighted by atomic mass is 9.89. The minimum absolute atomic E-state index is 0.371. The van der Waals surface area contributed by atoms with Gasteiger partial charge in [0.15, 0.2) is 0 Å². The van der Waals surface area contributed by atoms with Gasteiger partial charge in [0.25, 0.3) is 0 Å². The van der Waals surface area contributed by atoms with Crippen LogP contribution in [0.3, 0.4) is 0 Å². The van der Waals surface area contributed by atoms with Crippen molar-refractivity contribution in [1.29, 1.82) is 5.41 Å². The van der Waals surface area contributed by atoms with Crippen LogP contribution < -0.4 is 0 Å². The van der Waals surface area contributed by atoms with Crippen molar-refractivity contribution in [2.75, 3.05) is 6.66 Å². The molecule has 0 rings (SSSR count). The molecule has 0 aromatic carbocycles. The van der Waals surface area contributed by atoms with Crippen LogP contribution in [0.2, 0.25) is 0 Å². The second-order valence-corrected chi connectivity index (χ2v) is 5.56. The van der Waals surface area contributed by atoms with Gasteiger partial charge in [-0.05, 0) is 25.4 Å². The van der Waals surface area contributed by atoms with Gasteiger partial charge in [0.05, 0.1) is 0 Å². The molecule has 1 nitrogen and oxygen atoms in total. The minimum atomic E-state index is 0.371. The van der Waals surface area contributed by atoms with Gasteiger partial charge in [-0.1, -0.05) is 20.8 Å². The molecule has 0 saturated carbocycles. The van der Waals surface area contributed by atoms with Crippen LogP contribution in [0.15, 0.2) is 0 Å². The minimum Gasteiger partial charge on any atom is -0.309 e. The van der Waals surface area contributed by atoms with E-state index in [9.17, 15) is 0 Å². The molecule has 0 saturated heterocycles. The summed E-state index contributed by atoms with van der Waals surface area (Å²) in [6, 6.07) is 0. The molecule has 2 atom stereocenters. The van der Waals surface area contributed by atoms with Gasteiger partial charge < -0.3 is 5.41 Å². The molecule has 2 heteroatoms. The molecule has 2 unspecified atom stereocenters. The zero-order valence-electron chi connectivity index (χ0n) is 8.28. The van der Waals surface area contributed by atoms with Crippen LogP contribution in [-0.4, -0.2) is 18.0 Å². The van der Waals surface area contributed by atoms with E-state index in [1.54, 1.807) is 0 Å². The number of rotatable bonds is 3. The fourth-order valence-corrected chi connectivity index (χ4v) is 2.33. The molecule has 0 spiro atoms. The van der Waals surface area contributed by atoms with Gasteiger partial charge in [-0.25, -0.2) is 0 Å². The average Bonchev–Trinajstić information content (AvgIpc) is 1.80. The molecule has 0 aromatic rings. The lowest BCUT2D eigenvalue weighted by Crippen LogP contribution is -2.19. The molecule has 0 aliphatic rings. The summed E-state index contributed by atoms with van der Waals surface area (Å²) in [6.07, 6.45) is 1.15. The highest BCUT2D eigenvalue weighted by Crippen LogP contribution is 2.29. The van der Waals surface area contributed by atoms with Gasteiger partial charge in [-0.3, -0.25) is 0 Å². The number of hydrogen-bond acceptors (Lipinski definition) is 1. The molecule has 0 amide bonds. The topological polar surface area (TPSA) is 23.9 Å². The highest BCUT2D eigenvalue weighted by Gasteiger charge is 2.18. The normalized spacial score (nSPS) is 15.7. The molecule has 11 heavy (non-hydrogen) atoms. The van der Waals surface area contributed by atoms with Crippen LogP contribution in [0.1, 0.15) is 34.1 Å². The molecule has 0 fully saturated rings. The van der Waals surface area contributed by atoms with Crippen molar-refractivity contribution < 1.29 is 0 Å². The monoisotopic (exact) mass is 173 g/mol. The Morgan fingerprint density at radius 1 is 1.45 bits per heavy atom. The Bertz CT molecular complexity index is 135. The van der Waals surface area contributed by atoms with Crippen molar-refractivity contribution >= 4 is 14.3 Å². The smallest absolute Gasteiger partial charge is 0.0140 e. The van der Waals surface area contributed by atoms with Gasteiger partial charge in [0.1, 0.15) is 0 Å². The van der Waals surface area contributed by atoms with Crippen LogP contribution in [-0.2, 0) is 0 Å². The zero-order valence-corrected chi connectivity index (χ0v) is 9.28. The summed E-state index contributed by atoms with van der Waals surface area (Å²) in [5.74, 6) is 0. The van der Waals surface area contributed by atoms with Gasteiger partial charge >= 0.3 is 0 Å². The zero-order chi connectivity index (χ0) is 9.07. The Labute approximate surface area is 72.3 Å². The standard InChI is InChI=1S/C9H20NP/c1-7(10)8(11-5)6-9(2,3)4/h8,10-11H,6H2,1-5H3. The Morgan fingerprint density at radius 2 is 1.91 bits per heavy atom. The summed E-state index contributed by atoms with van der Waals surface area (Å²) in [7, 11) is 0.878. The highest BCUT2D eigenvalue weighted by atomic mass is 31.1. The Hall–Kier alpha value is 0.100. The predicted octanol–water partition coefficient (Wildman–Crippen LogP) is 3.14. The van der Waals surface area contributed by atoms with E-state index in [-0.39, 0.29) is 0 Å². The predicted molar refractivity (Wildman–Crippen MR) is 55.5 cm³/mol. The lowest BCUT2D eigenvalue weighted by Gasteiger charge is -2.24. The van der Waals surface area contributed by atoms with Crippen molar-refractivity contribution in [1.82, 2.24) is 0 Å². The first-order chi connectivity index (χ1) is 4.87. The first kappa shape index (κ1) is 11.1. The van der Waals surface area contributed by atoms with E-state index in [0.717, 1.165) is 20.7 Å². The van der Waals surface area contributed by atoms with E-state index < -0.39 is 0 Å². The quantitative estimate of drug-likeness (QED) is 0.501. The molecule has 0 radical (unpaired) electrons. The molecule has 66 valence electrons. The first-order valence-electron chi connectivity index (χ1n) is 4.09. The average molecular weight is 173 g/mol. The van der Waals surface area contributed by atoms with Crippen molar-refractivity contribution in [3.05, 3.63) is 0 Å². The maximum atomic E-state index is 7.54. The van der Waals surface area contributed by atoms with Crippen molar-refractivity contribution in [3.63, 3.8) is 0 Å². The van der Waals surface area contributed by atoms with Crippen LogP contribution in [0.4, 0.5) is 0 Å². The fraction of sp³-hybridized carbons (Fsp3) is 0.889. The molecule has 0 heterocycles. The molecule has 0 aromatic heterocycles. The van der Waals surface area contributed by atoms with E-state index in [2.05, 4.69) is 27.4 Å². The van der Waals surface area contributed by atoms with Gasteiger partial charge in [0, 0.05) is 11.4 Å². The maximum Gasteiger partial charge on any atom is 0.0140 e. The second-order valence-electron chi connectivity index (χ2n) is 4.29. The molecular weight excluding hydrogens is 153 g/mol. The Kier molecular flexibility index (Phi) is 4.25. The van der Waals surface area contributed by atoms with Gasteiger partial charge in [0.2, 0.25) is 0 Å². The third-order valence-corrected chi connectivity index (χ3v) is 3.02. The lowest BCUT2D eigenvalue weighted by molar-refractivity contribution is 0.389. The van der Waals surface area contributed by atoms with E-state index >= 15 is 0 Å². The number of nitrogens with one attached hydrogen (secondary N) is 1. The van der Waals surface area contributed by atoms with E-state index in [0.29, 0.717) is 11.1 Å². The van der Waals surface area contributed by atoms with Crippen molar-refractivity contribution in [3.8, 4) is 0 Å². The first-order valence-corrected chi connectivity index (χ1v) is 5.67. The summed E-state index contributed by atoms with van der Waals surface area (Å²) in [5.41, 5.74) is 1.74. The van der Waals surface area contributed by atoms with E-state index in [4.69, 9.17) is 5.41 Å². The summed E-state index contributed by atoms with van der Waals surface area (Å²) in [5, 5.41) is 7.54. The molecular formula is C9H20NP. The second kappa shape index (κ2) is 4.21. The van der Waals surface area contributed by atoms with Crippen molar-refractivity contribution in [2.45, 2.75) is 39.8 Å². The van der Waals surface area contributed by atoms with Crippen LogP contribution in [0.25, 0.3) is 0 Å².